The Morgan fingerprint density at radius 2 is 1.65 bits per heavy atom. The quantitative estimate of drug-likeness (QED) is 0.853. The highest BCUT2D eigenvalue weighted by Gasteiger charge is 2.25. The number of hydrogen-bond acceptors (Lipinski definition) is 3. The molecule has 3 nitrogen and oxygen atoms in total. The summed E-state index contributed by atoms with van der Waals surface area (Å²) in [6.45, 7) is 12.0. The van der Waals surface area contributed by atoms with Gasteiger partial charge in [0, 0.05) is 17.6 Å². The summed E-state index contributed by atoms with van der Waals surface area (Å²) < 4.78 is 10.7. The molecule has 0 aliphatic heterocycles. The van der Waals surface area contributed by atoms with Gasteiger partial charge in [0.25, 0.3) is 0 Å². The highest BCUT2D eigenvalue weighted by molar-refractivity contribution is 5.40. The first kappa shape index (κ1) is 16.8. The lowest BCUT2D eigenvalue weighted by Gasteiger charge is -2.33. The van der Waals surface area contributed by atoms with Gasteiger partial charge in [-0.2, -0.15) is 0 Å². The SMILES string of the molecule is COc1ccc(OC)c(CNC(C)(C)CC(C)(C)C)c1. The molecule has 0 spiro atoms. The van der Waals surface area contributed by atoms with Gasteiger partial charge in [0.2, 0.25) is 0 Å². The number of rotatable bonds is 6. The summed E-state index contributed by atoms with van der Waals surface area (Å²) in [5.74, 6) is 1.75. The van der Waals surface area contributed by atoms with E-state index in [0.717, 1.165) is 30.0 Å². The minimum atomic E-state index is 0.0757. The van der Waals surface area contributed by atoms with Gasteiger partial charge in [-0.1, -0.05) is 20.8 Å². The maximum Gasteiger partial charge on any atom is 0.123 e. The van der Waals surface area contributed by atoms with E-state index >= 15 is 0 Å². The molecule has 0 aliphatic carbocycles. The van der Waals surface area contributed by atoms with E-state index in [0.29, 0.717) is 5.41 Å². The molecular weight excluding hydrogens is 250 g/mol. The number of benzene rings is 1. The van der Waals surface area contributed by atoms with Crippen LogP contribution in [0.4, 0.5) is 0 Å². The largest absolute Gasteiger partial charge is 0.497 e. The number of hydrogen-bond donors (Lipinski definition) is 1. The molecule has 1 rings (SSSR count). The predicted molar refractivity (Wildman–Crippen MR) is 84.5 cm³/mol. The van der Waals surface area contributed by atoms with Gasteiger partial charge >= 0.3 is 0 Å². The zero-order valence-corrected chi connectivity index (χ0v) is 14.0. The first-order valence-corrected chi connectivity index (χ1v) is 7.13. The summed E-state index contributed by atoms with van der Waals surface area (Å²) >= 11 is 0. The summed E-state index contributed by atoms with van der Waals surface area (Å²) in [6.07, 6.45) is 1.10. The van der Waals surface area contributed by atoms with Crippen molar-refractivity contribution in [1.82, 2.24) is 5.32 Å². The number of ether oxygens (including phenoxy) is 2. The molecular formula is C17H29NO2. The maximum absolute atomic E-state index is 5.42. The Bertz CT molecular complexity index is 433. The average Bonchev–Trinajstić information content (AvgIpc) is 2.33. The summed E-state index contributed by atoms with van der Waals surface area (Å²) in [5, 5.41) is 3.62. The van der Waals surface area contributed by atoms with Crippen molar-refractivity contribution >= 4 is 0 Å². The van der Waals surface area contributed by atoms with Crippen molar-refractivity contribution in [3.8, 4) is 11.5 Å². The van der Waals surface area contributed by atoms with Crippen LogP contribution in [0, 0.1) is 5.41 Å². The molecule has 0 saturated carbocycles. The number of methoxy groups -OCH3 is 2. The molecule has 0 saturated heterocycles. The van der Waals surface area contributed by atoms with E-state index in [1.54, 1.807) is 14.2 Å². The fraction of sp³-hybridized carbons (Fsp3) is 0.647. The van der Waals surface area contributed by atoms with E-state index in [4.69, 9.17) is 9.47 Å². The molecule has 0 fully saturated rings. The lowest BCUT2D eigenvalue weighted by Crippen LogP contribution is -2.41. The lowest BCUT2D eigenvalue weighted by atomic mass is 9.82. The van der Waals surface area contributed by atoms with Crippen LogP contribution in [0.2, 0.25) is 0 Å². The molecule has 0 unspecified atom stereocenters. The molecule has 0 amide bonds. The van der Waals surface area contributed by atoms with Gasteiger partial charge in [0.05, 0.1) is 14.2 Å². The van der Waals surface area contributed by atoms with Crippen molar-refractivity contribution in [2.24, 2.45) is 5.41 Å². The van der Waals surface area contributed by atoms with Crippen molar-refractivity contribution < 1.29 is 9.47 Å². The average molecular weight is 279 g/mol. The maximum atomic E-state index is 5.42. The third kappa shape index (κ3) is 5.41. The topological polar surface area (TPSA) is 30.5 Å². The molecule has 3 heteroatoms. The van der Waals surface area contributed by atoms with E-state index in [9.17, 15) is 0 Å². The predicted octanol–water partition coefficient (Wildman–Crippen LogP) is 4.01. The van der Waals surface area contributed by atoms with E-state index in [-0.39, 0.29) is 5.54 Å². The molecule has 114 valence electrons. The van der Waals surface area contributed by atoms with E-state index < -0.39 is 0 Å². The molecule has 0 aromatic heterocycles. The molecule has 1 aromatic carbocycles. The lowest BCUT2D eigenvalue weighted by molar-refractivity contribution is 0.240. The van der Waals surface area contributed by atoms with Gasteiger partial charge < -0.3 is 14.8 Å². The highest BCUT2D eigenvalue weighted by Crippen LogP contribution is 2.28. The molecule has 0 aliphatic rings. The fourth-order valence-electron chi connectivity index (χ4n) is 2.74. The van der Waals surface area contributed by atoms with Crippen LogP contribution < -0.4 is 14.8 Å². The molecule has 20 heavy (non-hydrogen) atoms. The minimum Gasteiger partial charge on any atom is -0.497 e. The van der Waals surface area contributed by atoms with Crippen LogP contribution >= 0.6 is 0 Å². The van der Waals surface area contributed by atoms with Crippen molar-refractivity contribution in [3.05, 3.63) is 23.8 Å². The molecule has 1 N–H and O–H groups in total. The van der Waals surface area contributed by atoms with E-state index in [1.807, 2.05) is 18.2 Å². The van der Waals surface area contributed by atoms with Crippen molar-refractivity contribution in [2.45, 2.75) is 53.1 Å². The Balaban J connectivity index is 2.78. The van der Waals surface area contributed by atoms with E-state index in [2.05, 4.69) is 39.9 Å². The van der Waals surface area contributed by atoms with Gasteiger partial charge in [-0.15, -0.1) is 0 Å². The van der Waals surface area contributed by atoms with Crippen molar-refractivity contribution in [2.75, 3.05) is 14.2 Å². The second-order valence-corrected chi connectivity index (χ2v) is 7.15. The Hall–Kier alpha value is -1.22. The second kappa shape index (κ2) is 6.49. The second-order valence-electron chi connectivity index (χ2n) is 7.15. The smallest absolute Gasteiger partial charge is 0.123 e. The highest BCUT2D eigenvalue weighted by atomic mass is 16.5. The monoisotopic (exact) mass is 279 g/mol. The minimum absolute atomic E-state index is 0.0757. The normalized spacial score (nSPS) is 12.3. The Labute approximate surface area is 123 Å². The van der Waals surface area contributed by atoms with Crippen LogP contribution in [0.15, 0.2) is 18.2 Å². The summed E-state index contributed by atoms with van der Waals surface area (Å²) in [4.78, 5) is 0. The van der Waals surface area contributed by atoms with Crippen LogP contribution in [0.3, 0.4) is 0 Å². The Kier molecular flexibility index (Phi) is 5.46. The van der Waals surface area contributed by atoms with E-state index in [1.165, 1.54) is 0 Å². The zero-order valence-electron chi connectivity index (χ0n) is 14.0. The molecule has 1 aromatic rings. The van der Waals surface area contributed by atoms with Gasteiger partial charge in [0.15, 0.2) is 0 Å². The molecule has 0 heterocycles. The Morgan fingerprint density at radius 1 is 1.00 bits per heavy atom. The van der Waals surface area contributed by atoms with Gasteiger partial charge in [-0.25, -0.2) is 0 Å². The number of nitrogens with one attached hydrogen (secondary N) is 1. The van der Waals surface area contributed by atoms with Crippen molar-refractivity contribution in [3.63, 3.8) is 0 Å². The van der Waals surface area contributed by atoms with Gasteiger partial charge in [-0.3, -0.25) is 0 Å². The van der Waals surface area contributed by atoms with Crippen molar-refractivity contribution in [1.29, 1.82) is 0 Å². The van der Waals surface area contributed by atoms with Crippen LogP contribution in [0.5, 0.6) is 11.5 Å². The molecule has 0 atom stereocenters. The van der Waals surface area contributed by atoms with Crippen LogP contribution in [0.1, 0.15) is 46.6 Å². The van der Waals surface area contributed by atoms with Crippen LogP contribution in [0.25, 0.3) is 0 Å². The molecule has 0 radical (unpaired) electrons. The zero-order chi connectivity index (χ0) is 15.4. The summed E-state index contributed by atoms with van der Waals surface area (Å²) in [6, 6.07) is 5.90. The first-order valence-electron chi connectivity index (χ1n) is 7.13. The summed E-state index contributed by atoms with van der Waals surface area (Å²) in [5.41, 5.74) is 1.50. The van der Waals surface area contributed by atoms with Gasteiger partial charge in [0.1, 0.15) is 11.5 Å². The standard InChI is InChI=1S/C17H29NO2/c1-16(2,3)12-17(4,5)18-11-13-10-14(19-6)8-9-15(13)20-7/h8-10,18H,11-12H2,1-7H3. The molecule has 0 bridgehead atoms. The third-order valence-electron chi connectivity index (χ3n) is 3.22. The first-order chi connectivity index (χ1) is 9.17. The Morgan fingerprint density at radius 3 is 2.15 bits per heavy atom. The fourth-order valence-corrected chi connectivity index (χ4v) is 2.74. The summed E-state index contributed by atoms with van der Waals surface area (Å²) in [7, 11) is 3.38. The van der Waals surface area contributed by atoms with Crippen LogP contribution in [-0.2, 0) is 6.54 Å². The van der Waals surface area contributed by atoms with Gasteiger partial charge in [-0.05, 0) is 43.9 Å². The van der Waals surface area contributed by atoms with Crippen LogP contribution in [-0.4, -0.2) is 19.8 Å². The third-order valence-corrected chi connectivity index (χ3v) is 3.22.